The summed E-state index contributed by atoms with van der Waals surface area (Å²) in [5.41, 5.74) is 0.831. The van der Waals surface area contributed by atoms with Gasteiger partial charge in [0, 0.05) is 10.6 Å². The molecule has 3 aromatic rings. The first-order chi connectivity index (χ1) is 8.81. The average Bonchev–Trinajstić information content (AvgIpc) is 3.01. The Kier molecular flexibility index (Phi) is 2.86. The maximum absolute atomic E-state index is 5.92. The van der Waals surface area contributed by atoms with Gasteiger partial charge < -0.3 is 8.94 Å². The van der Waals surface area contributed by atoms with Crippen LogP contribution in [0.1, 0.15) is 11.7 Å². The number of benzene rings is 1. The minimum absolute atomic E-state index is 0.487. The number of nitrogens with zero attached hydrogens (tertiary/aromatic N) is 2. The first-order valence-electron chi connectivity index (χ1n) is 5.42. The standard InChI is InChI=1S/C13H9ClN2O2/c14-10-4-1-3-9(7-10)13-15-12(18-16-13)8-11-5-2-6-17-11/h1-7H,8H2. The van der Waals surface area contributed by atoms with Gasteiger partial charge >= 0.3 is 0 Å². The molecule has 0 bridgehead atoms. The number of hydrogen-bond donors (Lipinski definition) is 0. The summed E-state index contributed by atoms with van der Waals surface area (Å²) >= 11 is 5.92. The second kappa shape index (κ2) is 4.66. The highest BCUT2D eigenvalue weighted by atomic mass is 35.5. The Balaban J connectivity index is 1.85. The highest BCUT2D eigenvalue weighted by Gasteiger charge is 2.10. The lowest BCUT2D eigenvalue weighted by atomic mass is 10.2. The number of aromatic nitrogens is 2. The molecule has 0 unspecified atom stereocenters. The Bertz CT molecular complexity index is 647. The summed E-state index contributed by atoms with van der Waals surface area (Å²) in [7, 11) is 0. The molecule has 2 aromatic heterocycles. The van der Waals surface area contributed by atoms with Crippen LogP contribution < -0.4 is 0 Å². The third-order valence-corrected chi connectivity index (χ3v) is 2.69. The third kappa shape index (κ3) is 2.28. The number of halogens is 1. The Morgan fingerprint density at radius 1 is 1.17 bits per heavy atom. The van der Waals surface area contributed by atoms with E-state index >= 15 is 0 Å². The van der Waals surface area contributed by atoms with Gasteiger partial charge in [0.1, 0.15) is 5.76 Å². The van der Waals surface area contributed by atoms with Gasteiger partial charge in [0.05, 0.1) is 12.7 Å². The van der Waals surface area contributed by atoms with E-state index < -0.39 is 0 Å². The van der Waals surface area contributed by atoms with Crippen molar-refractivity contribution in [3.63, 3.8) is 0 Å². The van der Waals surface area contributed by atoms with Crippen molar-refractivity contribution in [3.8, 4) is 11.4 Å². The van der Waals surface area contributed by atoms with Gasteiger partial charge in [0.2, 0.25) is 11.7 Å². The van der Waals surface area contributed by atoms with E-state index in [9.17, 15) is 0 Å². The quantitative estimate of drug-likeness (QED) is 0.722. The highest BCUT2D eigenvalue weighted by molar-refractivity contribution is 6.30. The van der Waals surface area contributed by atoms with E-state index in [4.69, 9.17) is 20.5 Å². The molecule has 3 rings (SSSR count). The predicted octanol–water partition coefficient (Wildman–Crippen LogP) is 3.57. The van der Waals surface area contributed by atoms with Gasteiger partial charge in [0.25, 0.3) is 0 Å². The fourth-order valence-electron chi connectivity index (χ4n) is 1.63. The molecule has 0 fully saturated rings. The molecule has 2 heterocycles. The molecule has 5 heteroatoms. The summed E-state index contributed by atoms with van der Waals surface area (Å²) in [5.74, 6) is 1.83. The first kappa shape index (κ1) is 11.0. The number of hydrogen-bond acceptors (Lipinski definition) is 4. The van der Waals surface area contributed by atoms with Crippen LogP contribution in [0, 0.1) is 0 Å². The lowest BCUT2D eigenvalue weighted by Gasteiger charge is -1.93. The van der Waals surface area contributed by atoms with Crippen molar-refractivity contribution in [3.05, 3.63) is 59.3 Å². The van der Waals surface area contributed by atoms with Gasteiger partial charge in [-0.05, 0) is 24.3 Å². The SMILES string of the molecule is Clc1cccc(-c2noc(Cc3ccco3)n2)c1. The molecular formula is C13H9ClN2O2. The summed E-state index contributed by atoms with van der Waals surface area (Å²) in [5, 5.41) is 4.57. The van der Waals surface area contributed by atoms with Crippen LogP contribution >= 0.6 is 11.6 Å². The molecule has 0 amide bonds. The van der Waals surface area contributed by atoms with Crippen molar-refractivity contribution in [1.29, 1.82) is 0 Å². The van der Waals surface area contributed by atoms with Gasteiger partial charge in [-0.25, -0.2) is 0 Å². The van der Waals surface area contributed by atoms with Gasteiger partial charge in [-0.1, -0.05) is 28.9 Å². The maximum Gasteiger partial charge on any atom is 0.234 e. The smallest absolute Gasteiger partial charge is 0.234 e. The molecule has 90 valence electrons. The zero-order valence-corrected chi connectivity index (χ0v) is 10.1. The van der Waals surface area contributed by atoms with Crippen LogP contribution in [0.15, 0.2) is 51.6 Å². The molecule has 0 saturated carbocycles. The Labute approximate surface area is 108 Å². The minimum Gasteiger partial charge on any atom is -0.469 e. The van der Waals surface area contributed by atoms with Crippen molar-refractivity contribution < 1.29 is 8.94 Å². The molecule has 1 aromatic carbocycles. The Hall–Kier alpha value is -2.07. The van der Waals surface area contributed by atoms with Crippen LogP contribution in [0.2, 0.25) is 5.02 Å². The molecule has 0 N–H and O–H groups in total. The molecule has 0 aliphatic heterocycles. The zero-order chi connectivity index (χ0) is 12.4. The molecule has 18 heavy (non-hydrogen) atoms. The largest absolute Gasteiger partial charge is 0.469 e. The lowest BCUT2D eigenvalue weighted by molar-refractivity contribution is 0.375. The molecule has 0 spiro atoms. The normalized spacial score (nSPS) is 10.7. The molecule has 0 atom stereocenters. The van der Waals surface area contributed by atoms with E-state index in [-0.39, 0.29) is 0 Å². The van der Waals surface area contributed by atoms with Crippen molar-refractivity contribution in [2.24, 2.45) is 0 Å². The fourth-order valence-corrected chi connectivity index (χ4v) is 1.82. The van der Waals surface area contributed by atoms with Crippen LogP contribution in [-0.2, 0) is 6.42 Å². The highest BCUT2D eigenvalue weighted by Crippen LogP contribution is 2.20. The third-order valence-electron chi connectivity index (χ3n) is 2.46. The van der Waals surface area contributed by atoms with E-state index in [0.29, 0.717) is 23.2 Å². The molecule has 0 aliphatic carbocycles. The van der Waals surface area contributed by atoms with Crippen molar-refractivity contribution in [2.75, 3.05) is 0 Å². The van der Waals surface area contributed by atoms with Crippen LogP contribution in [-0.4, -0.2) is 10.1 Å². The second-order valence-electron chi connectivity index (χ2n) is 3.78. The van der Waals surface area contributed by atoms with E-state index in [2.05, 4.69) is 10.1 Å². The van der Waals surface area contributed by atoms with Crippen LogP contribution in [0.3, 0.4) is 0 Å². The number of rotatable bonds is 3. The number of furan rings is 1. The molecule has 0 saturated heterocycles. The average molecular weight is 261 g/mol. The van der Waals surface area contributed by atoms with Crippen molar-refractivity contribution in [2.45, 2.75) is 6.42 Å². The summed E-state index contributed by atoms with van der Waals surface area (Å²) in [6.45, 7) is 0. The van der Waals surface area contributed by atoms with E-state index in [1.165, 1.54) is 0 Å². The van der Waals surface area contributed by atoms with Crippen molar-refractivity contribution in [1.82, 2.24) is 10.1 Å². The summed E-state index contributed by atoms with van der Waals surface area (Å²) in [4.78, 5) is 4.30. The van der Waals surface area contributed by atoms with Gasteiger partial charge in [-0.15, -0.1) is 0 Å². The monoisotopic (exact) mass is 260 g/mol. The Morgan fingerprint density at radius 2 is 2.11 bits per heavy atom. The topological polar surface area (TPSA) is 52.1 Å². The minimum atomic E-state index is 0.487. The maximum atomic E-state index is 5.92. The van der Waals surface area contributed by atoms with E-state index in [1.807, 2.05) is 24.3 Å². The van der Waals surface area contributed by atoms with Crippen LogP contribution in [0.25, 0.3) is 11.4 Å². The fraction of sp³-hybridized carbons (Fsp3) is 0.0769. The first-order valence-corrected chi connectivity index (χ1v) is 5.80. The van der Waals surface area contributed by atoms with Gasteiger partial charge in [-0.2, -0.15) is 4.98 Å². The van der Waals surface area contributed by atoms with Gasteiger partial charge in [0.15, 0.2) is 0 Å². The molecule has 0 aliphatic rings. The summed E-state index contributed by atoms with van der Waals surface area (Å²) in [6, 6.07) is 11.0. The molecular weight excluding hydrogens is 252 g/mol. The molecule has 0 radical (unpaired) electrons. The molecule has 4 nitrogen and oxygen atoms in total. The van der Waals surface area contributed by atoms with E-state index in [1.54, 1.807) is 18.4 Å². The summed E-state index contributed by atoms with van der Waals surface area (Å²) < 4.78 is 10.4. The van der Waals surface area contributed by atoms with Crippen LogP contribution in [0.4, 0.5) is 0 Å². The second-order valence-corrected chi connectivity index (χ2v) is 4.21. The van der Waals surface area contributed by atoms with E-state index in [0.717, 1.165) is 11.3 Å². The lowest BCUT2D eigenvalue weighted by Crippen LogP contribution is -1.86. The van der Waals surface area contributed by atoms with Crippen molar-refractivity contribution >= 4 is 11.6 Å². The Morgan fingerprint density at radius 3 is 2.89 bits per heavy atom. The zero-order valence-electron chi connectivity index (χ0n) is 9.34. The van der Waals surface area contributed by atoms with Gasteiger partial charge in [-0.3, -0.25) is 0 Å². The predicted molar refractivity (Wildman–Crippen MR) is 66.3 cm³/mol. The summed E-state index contributed by atoms with van der Waals surface area (Å²) in [6.07, 6.45) is 2.10. The van der Waals surface area contributed by atoms with Crippen LogP contribution in [0.5, 0.6) is 0 Å².